The van der Waals surface area contributed by atoms with Crippen molar-refractivity contribution in [2.24, 2.45) is 0 Å². The first-order valence-corrected chi connectivity index (χ1v) is 14.8. The van der Waals surface area contributed by atoms with Crippen LogP contribution in [0.5, 0.6) is 5.88 Å². The van der Waals surface area contributed by atoms with Crippen molar-refractivity contribution in [1.82, 2.24) is 24.8 Å². The van der Waals surface area contributed by atoms with Gasteiger partial charge in [-0.1, -0.05) is 30.3 Å². The number of hydrogen-bond donors (Lipinski definition) is 1. The standard InChI is InChI=1S/C30H34F3N7O6/c1-29(2)45-26-20(37-23-13-34-12-22(38-23)30(31,32)33)17-42-21(27(26)46-29)18-43-25-15-35-24(14-36-25)39-8-10-40(11-9-39)28(41)44-16-19-6-4-3-5-7-19/h3-7,12-15,20-21,26-27H,8-11,16-18H2,1-2H3,(H,37,38)/t20-,21+,26+,27-/m0/s1. The van der Waals surface area contributed by atoms with E-state index in [2.05, 4.69) is 25.3 Å². The molecule has 0 bridgehead atoms. The molecular formula is C30H34F3N7O6. The summed E-state index contributed by atoms with van der Waals surface area (Å²) in [5.41, 5.74) is -0.171. The molecule has 3 aromatic rings. The summed E-state index contributed by atoms with van der Waals surface area (Å²) in [5.74, 6) is -0.0701. The van der Waals surface area contributed by atoms with Crippen LogP contribution in [0, 0.1) is 0 Å². The van der Waals surface area contributed by atoms with E-state index in [0.717, 1.165) is 5.56 Å². The fraction of sp³-hybridized carbons (Fsp3) is 0.500. The highest BCUT2D eigenvalue weighted by molar-refractivity contribution is 5.68. The Balaban J connectivity index is 0.993. The van der Waals surface area contributed by atoms with Crippen molar-refractivity contribution >= 4 is 17.7 Å². The Morgan fingerprint density at radius 2 is 1.78 bits per heavy atom. The average molecular weight is 646 g/mol. The number of carbonyl (C=O) groups is 1. The normalized spacial score (nSPS) is 24.3. The number of fused-ring (bicyclic) bond motifs is 1. The molecule has 3 saturated heterocycles. The molecule has 16 heteroatoms. The third kappa shape index (κ3) is 7.57. The molecule has 4 atom stereocenters. The van der Waals surface area contributed by atoms with Crippen molar-refractivity contribution in [3.05, 3.63) is 66.4 Å². The lowest BCUT2D eigenvalue weighted by Gasteiger charge is -2.37. The van der Waals surface area contributed by atoms with E-state index in [9.17, 15) is 18.0 Å². The van der Waals surface area contributed by atoms with E-state index in [4.69, 9.17) is 23.7 Å². The van der Waals surface area contributed by atoms with Gasteiger partial charge in [0.2, 0.25) is 5.88 Å². The minimum Gasteiger partial charge on any atom is -0.474 e. The topological polar surface area (TPSA) is 133 Å². The maximum Gasteiger partial charge on any atom is 0.434 e. The van der Waals surface area contributed by atoms with Crippen LogP contribution < -0.4 is 15.0 Å². The van der Waals surface area contributed by atoms with Gasteiger partial charge in [-0.15, -0.1) is 0 Å². The molecule has 0 saturated carbocycles. The number of rotatable bonds is 8. The van der Waals surface area contributed by atoms with Gasteiger partial charge >= 0.3 is 12.3 Å². The molecule has 2 aromatic heterocycles. The second-order valence-corrected chi connectivity index (χ2v) is 11.5. The molecule has 1 aromatic carbocycles. The van der Waals surface area contributed by atoms with Gasteiger partial charge in [-0.2, -0.15) is 13.2 Å². The second kappa shape index (κ2) is 13.2. The summed E-state index contributed by atoms with van der Waals surface area (Å²) >= 11 is 0. The number of benzene rings is 1. The third-order valence-electron chi connectivity index (χ3n) is 7.75. The van der Waals surface area contributed by atoms with Crippen LogP contribution in [0.2, 0.25) is 0 Å². The minimum absolute atomic E-state index is 0.0510. The number of piperazine rings is 1. The molecule has 6 rings (SSSR count). The highest BCUT2D eigenvalue weighted by Crippen LogP contribution is 2.37. The zero-order valence-electron chi connectivity index (χ0n) is 25.2. The zero-order valence-corrected chi connectivity index (χ0v) is 25.2. The van der Waals surface area contributed by atoms with Crippen molar-refractivity contribution in [2.75, 3.05) is 49.6 Å². The Kier molecular flexibility index (Phi) is 9.11. The molecular weight excluding hydrogens is 611 g/mol. The number of nitrogens with zero attached hydrogens (tertiary/aromatic N) is 6. The van der Waals surface area contributed by atoms with Gasteiger partial charge in [0.25, 0.3) is 0 Å². The predicted molar refractivity (Wildman–Crippen MR) is 156 cm³/mol. The quantitative estimate of drug-likeness (QED) is 0.384. The molecule has 0 radical (unpaired) electrons. The maximum atomic E-state index is 13.1. The zero-order chi connectivity index (χ0) is 32.3. The Bertz CT molecular complexity index is 1480. The monoisotopic (exact) mass is 645 g/mol. The summed E-state index contributed by atoms with van der Waals surface area (Å²) < 4.78 is 68.9. The molecule has 1 amide bonds. The van der Waals surface area contributed by atoms with Gasteiger partial charge in [-0.05, 0) is 19.4 Å². The number of anilines is 2. The van der Waals surface area contributed by atoms with Crippen molar-refractivity contribution in [3.63, 3.8) is 0 Å². The summed E-state index contributed by atoms with van der Waals surface area (Å²) in [4.78, 5) is 32.4. The third-order valence-corrected chi connectivity index (χ3v) is 7.75. The lowest BCUT2D eigenvalue weighted by molar-refractivity contribution is -0.156. The number of carbonyl (C=O) groups excluding carboxylic acids is 1. The molecule has 246 valence electrons. The molecule has 13 nitrogen and oxygen atoms in total. The largest absolute Gasteiger partial charge is 0.474 e. The highest BCUT2D eigenvalue weighted by Gasteiger charge is 2.52. The Morgan fingerprint density at radius 3 is 2.50 bits per heavy atom. The highest BCUT2D eigenvalue weighted by atomic mass is 19.4. The number of halogens is 3. The molecule has 1 N–H and O–H groups in total. The fourth-order valence-corrected chi connectivity index (χ4v) is 5.51. The number of alkyl halides is 3. The average Bonchev–Trinajstić information content (AvgIpc) is 3.39. The van der Waals surface area contributed by atoms with Gasteiger partial charge < -0.3 is 38.8 Å². The van der Waals surface area contributed by atoms with Crippen LogP contribution in [0.4, 0.5) is 29.6 Å². The van der Waals surface area contributed by atoms with E-state index >= 15 is 0 Å². The molecule has 0 aliphatic carbocycles. The van der Waals surface area contributed by atoms with E-state index in [1.165, 1.54) is 12.4 Å². The molecule has 0 spiro atoms. The van der Waals surface area contributed by atoms with Gasteiger partial charge in [0.05, 0.1) is 37.4 Å². The van der Waals surface area contributed by atoms with Gasteiger partial charge in [0.1, 0.15) is 43.2 Å². The van der Waals surface area contributed by atoms with Crippen molar-refractivity contribution in [3.8, 4) is 5.88 Å². The number of nitrogens with one attached hydrogen (secondary N) is 1. The smallest absolute Gasteiger partial charge is 0.434 e. The van der Waals surface area contributed by atoms with Crippen LogP contribution in [-0.2, 0) is 31.7 Å². The van der Waals surface area contributed by atoms with Gasteiger partial charge in [-0.25, -0.2) is 19.7 Å². The molecule has 5 heterocycles. The summed E-state index contributed by atoms with van der Waals surface area (Å²) in [6.45, 7) is 6.03. The Morgan fingerprint density at radius 1 is 1.02 bits per heavy atom. The second-order valence-electron chi connectivity index (χ2n) is 11.5. The van der Waals surface area contributed by atoms with Gasteiger partial charge in [0, 0.05) is 26.2 Å². The fourth-order valence-electron chi connectivity index (χ4n) is 5.51. The van der Waals surface area contributed by atoms with Crippen LogP contribution in [0.3, 0.4) is 0 Å². The van der Waals surface area contributed by atoms with E-state index in [1.807, 2.05) is 35.2 Å². The maximum absolute atomic E-state index is 13.1. The summed E-state index contributed by atoms with van der Waals surface area (Å²) in [6, 6.07) is 8.98. The van der Waals surface area contributed by atoms with E-state index in [1.54, 1.807) is 24.9 Å². The number of ether oxygens (including phenoxy) is 5. The van der Waals surface area contributed by atoms with E-state index < -0.39 is 42.0 Å². The molecule has 3 aliphatic heterocycles. The van der Waals surface area contributed by atoms with Gasteiger partial charge in [0.15, 0.2) is 11.5 Å². The lowest BCUT2D eigenvalue weighted by Crippen LogP contribution is -2.55. The van der Waals surface area contributed by atoms with Crippen LogP contribution >= 0.6 is 0 Å². The van der Waals surface area contributed by atoms with Crippen LogP contribution in [0.25, 0.3) is 0 Å². The first kappa shape index (κ1) is 31.7. The molecule has 3 fully saturated rings. The van der Waals surface area contributed by atoms with Crippen LogP contribution in [-0.4, -0.2) is 100 Å². The van der Waals surface area contributed by atoms with Crippen molar-refractivity contribution in [1.29, 1.82) is 0 Å². The number of aromatic nitrogens is 4. The number of hydrogen-bond acceptors (Lipinski definition) is 12. The summed E-state index contributed by atoms with van der Waals surface area (Å²) in [5, 5.41) is 2.96. The Hall–Kier alpha value is -4.28. The van der Waals surface area contributed by atoms with E-state index in [-0.39, 0.29) is 37.6 Å². The first-order valence-electron chi connectivity index (χ1n) is 14.8. The van der Waals surface area contributed by atoms with Crippen LogP contribution in [0.15, 0.2) is 55.1 Å². The van der Waals surface area contributed by atoms with Gasteiger partial charge in [-0.3, -0.25) is 4.98 Å². The SMILES string of the molecule is CC1(C)O[C@@H]2[C@H](O1)[C@@H](Nc1cncc(C(F)(F)F)n1)CO[C@@H]2COc1cnc(N2CCN(C(=O)OCc3ccccc3)CC2)cn1. The summed E-state index contributed by atoms with van der Waals surface area (Å²) in [7, 11) is 0. The lowest BCUT2D eigenvalue weighted by atomic mass is 9.98. The molecule has 0 unspecified atom stereocenters. The molecule has 46 heavy (non-hydrogen) atoms. The Labute approximate surface area is 263 Å². The first-order chi connectivity index (χ1) is 22.0. The molecule has 3 aliphatic rings. The van der Waals surface area contributed by atoms with Crippen molar-refractivity contribution in [2.45, 2.75) is 56.8 Å². The summed E-state index contributed by atoms with van der Waals surface area (Å²) in [6.07, 6.45) is -1.66. The predicted octanol–water partition coefficient (Wildman–Crippen LogP) is 3.52. The van der Waals surface area contributed by atoms with E-state index in [0.29, 0.717) is 38.2 Å². The van der Waals surface area contributed by atoms with Crippen molar-refractivity contribution < 1.29 is 41.7 Å². The number of amides is 1. The minimum atomic E-state index is -4.62. The van der Waals surface area contributed by atoms with Crippen LogP contribution in [0.1, 0.15) is 25.1 Å².